The van der Waals surface area contributed by atoms with Crippen LogP contribution in [0.15, 0.2) is 30.5 Å². The van der Waals surface area contributed by atoms with Crippen molar-refractivity contribution in [3.63, 3.8) is 0 Å². The van der Waals surface area contributed by atoms with Crippen molar-refractivity contribution in [1.82, 2.24) is 10.3 Å². The molecule has 0 unspecified atom stereocenters. The van der Waals surface area contributed by atoms with E-state index in [0.717, 1.165) is 23.1 Å². The van der Waals surface area contributed by atoms with E-state index in [1.54, 1.807) is 0 Å². The minimum atomic E-state index is -0.583. The highest BCUT2D eigenvalue weighted by Gasteiger charge is 2.13. The number of carbonyl (C=O) groups is 2. The summed E-state index contributed by atoms with van der Waals surface area (Å²) < 4.78 is 0. The van der Waals surface area contributed by atoms with Crippen molar-refractivity contribution < 1.29 is 9.59 Å². The van der Waals surface area contributed by atoms with Gasteiger partial charge in [-0.05, 0) is 12.3 Å². The summed E-state index contributed by atoms with van der Waals surface area (Å²) in [5, 5.41) is 7.26. The Balaban J connectivity index is 2.42. The van der Waals surface area contributed by atoms with Crippen molar-refractivity contribution in [1.29, 1.82) is 0 Å². The van der Waals surface area contributed by atoms with E-state index < -0.39 is 5.91 Å². The number of nitrogens with zero attached hydrogens (tertiary/aromatic N) is 1. The fourth-order valence-electron chi connectivity index (χ4n) is 1.94. The van der Waals surface area contributed by atoms with Crippen LogP contribution in [0.1, 0.15) is 17.3 Å². The van der Waals surface area contributed by atoms with Crippen LogP contribution in [-0.4, -0.2) is 29.9 Å². The lowest BCUT2D eigenvalue weighted by Crippen LogP contribution is -2.33. The molecule has 0 aliphatic rings. The van der Waals surface area contributed by atoms with Crippen molar-refractivity contribution in [2.24, 2.45) is 5.73 Å². The van der Waals surface area contributed by atoms with Crippen LogP contribution >= 0.6 is 0 Å². The van der Waals surface area contributed by atoms with Gasteiger partial charge in [-0.3, -0.25) is 9.59 Å². The van der Waals surface area contributed by atoms with E-state index in [0.29, 0.717) is 5.56 Å². The van der Waals surface area contributed by atoms with Gasteiger partial charge in [-0.15, -0.1) is 0 Å². The quantitative estimate of drug-likeness (QED) is 0.752. The number of carbonyl (C=O) groups excluding carboxylic acids is 2. The first-order valence-corrected chi connectivity index (χ1v) is 6.31. The van der Waals surface area contributed by atoms with Gasteiger partial charge < -0.3 is 16.4 Å². The summed E-state index contributed by atoms with van der Waals surface area (Å²) in [6, 6.07) is 7.47. The van der Waals surface area contributed by atoms with Crippen molar-refractivity contribution in [3.8, 4) is 0 Å². The van der Waals surface area contributed by atoms with Gasteiger partial charge in [0.25, 0.3) is 5.91 Å². The Hall–Kier alpha value is -2.63. The first kappa shape index (κ1) is 13.8. The van der Waals surface area contributed by atoms with Crippen molar-refractivity contribution in [2.75, 3.05) is 18.4 Å². The number of nitrogens with two attached hydrogens (primary N) is 1. The summed E-state index contributed by atoms with van der Waals surface area (Å²) in [6.45, 7) is 2.52. The van der Waals surface area contributed by atoms with Crippen LogP contribution < -0.4 is 16.4 Å². The average Bonchev–Trinajstić information content (AvgIpc) is 2.45. The predicted octanol–water partition coefficient (Wildman–Crippen LogP) is 0.882. The summed E-state index contributed by atoms with van der Waals surface area (Å²) in [4.78, 5) is 27.0. The molecule has 6 heteroatoms. The zero-order chi connectivity index (χ0) is 14.5. The van der Waals surface area contributed by atoms with Crippen LogP contribution in [0.25, 0.3) is 10.8 Å². The molecule has 0 bridgehead atoms. The number of anilines is 1. The highest BCUT2D eigenvalue weighted by molar-refractivity contribution is 6.09. The molecule has 2 aromatic rings. The molecule has 20 heavy (non-hydrogen) atoms. The number of aromatic nitrogens is 1. The van der Waals surface area contributed by atoms with E-state index in [4.69, 9.17) is 5.73 Å². The normalized spacial score (nSPS) is 10.2. The summed E-state index contributed by atoms with van der Waals surface area (Å²) in [5.41, 5.74) is 5.44. The summed E-state index contributed by atoms with van der Waals surface area (Å²) in [7, 11) is 0. The number of fused-ring (bicyclic) bond motifs is 1. The van der Waals surface area contributed by atoms with Gasteiger partial charge in [0.05, 0.1) is 12.1 Å². The minimum absolute atomic E-state index is 0.192. The molecule has 2 amide bonds. The summed E-state index contributed by atoms with van der Waals surface area (Å²) >= 11 is 0. The molecule has 2 rings (SSSR count). The highest BCUT2D eigenvalue weighted by Crippen LogP contribution is 2.24. The number of benzene rings is 1. The second-order valence-corrected chi connectivity index (χ2v) is 4.25. The second kappa shape index (κ2) is 6.01. The van der Waals surface area contributed by atoms with E-state index in [-0.39, 0.29) is 12.5 Å². The van der Waals surface area contributed by atoms with Crippen LogP contribution in [0.5, 0.6) is 0 Å². The number of primary amides is 1. The SMILES string of the molecule is CCNc1ncc(C(=O)NCC(N)=O)c2ccccc12. The highest BCUT2D eigenvalue weighted by atomic mass is 16.2. The van der Waals surface area contributed by atoms with Gasteiger partial charge in [0.2, 0.25) is 5.91 Å². The lowest BCUT2D eigenvalue weighted by atomic mass is 10.1. The van der Waals surface area contributed by atoms with E-state index >= 15 is 0 Å². The standard InChI is InChI=1S/C14H16N4O2/c1-2-16-13-10-6-4-3-5-9(10)11(7-17-13)14(20)18-8-12(15)19/h3-7H,2,8H2,1H3,(H2,15,19)(H,16,17)(H,18,20). The van der Waals surface area contributed by atoms with Gasteiger partial charge in [-0.25, -0.2) is 4.98 Å². The third-order valence-electron chi connectivity index (χ3n) is 2.81. The number of hydrogen-bond donors (Lipinski definition) is 3. The summed E-state index contributed by atoms with van der Waals surface area (Å²) in [5.74, 6) is -0.218. The lowest BCUT2D eigenvalue weighted by Gasteiger charge is -2.10. The van der Waals surface area contributed by atoms with Crippen molar-refractivity contribution in [3.05, 3.63) is 36.0 Å². The van der Waals surface area contributed by atoms with E-state index in [1.807, 2.05) is 31.2 Å². The molecule has 0 saturated heterocycles. The molecule has 6 nitrogen and oxygen atoms in total. The van der Waals surface area contributed by atoms with Gasteiger partial charge in [0.15, 0.2) is 0 Å². The molecule has 0 saturated carbocycles. The first-order valence-electron chi connectivity index (χ1n) is 6.31. The second-order valence-electron chi connectivity index (χ2n) is 4.25. The molecule has 1 aromatic heterocycles. The number of hydrogen-bond acceptors (Lipinski definition) is 4. The molecule has 0 radical (unpaired) electrons. The van der Waals surface area contributed by atoms with Gasteiger partial charge in [-0.1, -0.05) is 24.3 Å². The first-order chi connectivity index (χ1) is 9.63. The van der Waals surface area contributed by atoms with E-state index in [9.17, 15) is 9.59 Å². The molecule has 0 fully saturated rings. The molecule has 4 N–H and O–H groups in total. The van der Waals surface area contributed by atoms with Crippen molar-refractivity contribution in [2.45, 2.75) is 6.92 Å². The number of pyridine rings is 1. The Morgan fingerprint density at radius 2 is 1.95 bits per heavy atom. The van der Waals surface area contributed by atoms with Crippen LogP contribution in [0.4, 0.5) is 5.82 Å². The van der Waals surface area contributed by atoms with Crippen molar-refractivity contribution >= 4 is 28.4 Å². The Morgan fingerprint density at radius 1 is 1.25 bits per heavy atom. The van der Waals surface area contributed by atoms with Gasteiger partial charge >= 0.3 is 0 Å². The molecule has 1 aromatic carbocycles. The topological polar surface area (TPSA) is 97.1 Å². The van der Waals surface area contributed by atoms with Crippen LogP contribution in [0.3, 0.4) is 0 Å². The van der Waals surface area contributed by atoms with E-state index in [2.05, 4.69) is 15.6 Å². The third kappa shape index (κ3) is 2.85. The van der Waals surface area contributed by atoms with Gasteiger partial charge in [0.1, 0.15) is 5.82 Å². The maximum absolute atomic E-state index is 12.1. The minimum Gasteiger partial charge on any atom is -0.370 e. The monoisotopic (exact) mass is 272 g/mol. The Kier molecular flexibility index (Phi) is 4.14. The Bertz CT molecular complexity index is 655. The molecular weight excluding hydrogens is 256 g/mol. The predicted molar refractivity (Wildman–Crippen MR) is 77.4 cm³/mol. The molecule has 0 spiro atoms. The van der Waals surface area contributed by atoms with E-state index in [1.165, 1.54) is 6.20 Å². The molecule has 0 atom stereocenters. The third-order valence-corrected chi connectivity index (χ3v) is 2.81. The zero-order valence-corrected chi connectivity index (χ0v) is 11.1. The fourth-order valence-corrected chi connectivity index (χ4v) is 1.94. The lowest BCUT2D eigenvalue weighted by molar-refractivity contribution is -0.117. The molecule has 104 valence electrons. The number of amides is 2. The largest absolute Gasteiger partial charge is 0.370 e. The number of rotatable bonds is 5. The maximum atomic E-state index is 12.1. The smallest absolute Gasteiger partial charge is 0.253 e. The molecule has 0 aliphatic heterocycles. The summed E-state index contributed by atoms with van der Waals surface area (Å²) in [6.07, 6.45) is 1.50. The van der Waals surface area contributed by atoms with Gasteiger partial charge in [0, 0.05) is 18.1 Å². The molecule has 1 heterocycles. The average molecular weight is 272 g/mol. The number of nitrogens with one attached hydrogen (secondary N) is 2. The Labute approximate surface area is 116 Å². The van der Waals surface area contributed by atoms with Crippen LogP contribution in [-0.2, 0) is 4.79 Å². The maximum Gasteiger partial charge on any atom is 0.253 e. The van der Waals surface area contributed by atoms with Crippen LogP contribution in [0.2, 0.25) is 0 Å². The molecule has 0 aliphatic carbocycles. The zero-order valence-electron chi connectivity index (χ0n) is 11.1. The van der Waals surface area contributed by atoms with Crippen LogP contribution in [0, 0.1) is 0 Å². The fraction of sp³-hybridized carbons (Fsp3) is 0.214. The molecular formula is C14H16N4O2. The van der Waals surface area contributed by atoms with Gasteiger partial charge in [-0.2, -0.15) is 0 Å². The Morgan fingerprint density at radius 3 is 2.60 bits per heavy atom.